The minimum atomic E-state index is -4.23. The molecule has 1 heterocycles. The zero-order valence-electron chi connectivity index (χ0n) is 14.6. The Morgan fingerprint density at radius 1 is 1.28 bits per heavy atom. The van der Waals surface area contributed by atoms with Gasteiger partial charge in [-0.2, -0.15) is 13.2 Å². The number of nitrogens with one attached hydrogen (secondary N) is 1. The van der Waals surface area contributed by atoms with Crippen LogP contribution in [0.5, 0.6) is 0 Å². The third-order valence-corrected chi connectivity index (χ3v) is 5.11. The van der Waals surface area contributed by atoms with E-state index in [1.807, 2.05) is 0 Å². The summed E-state index contributed by atoms with van der Waals surface area (Å²) in [5, 5.41) is 12.7. The minimum absolute atomic E-state index is 0.0692. The summed E-state index contributed by atoms with van der Waals surface area (Å²) in [5.41, 5.74) is 1.41. The Labute approximate surface area is 146 Å². The number of alkyl halides is 3. The lowest BCUT2D eigenvalue weighted by Crippen LogP contribution is -2.29. The average Bonchev–Trinajstić information content (AvgIpc) is 3.03. The molecule has 1 fully saturated rings. The van der Waals surface area contributed by atoms with Crippen LogP contribution in [-0.4, -0.2) is 30.3 Å². The lowest BCUT2D eigenvalue weighted by atomic mass is 9.84. The summed E-state index contributed by atoms with van der Waals surface area (Å²) in [5.74, 6) is -3.17. The van der Waals surface area contributed by atoms with Gasteiger partial charge in [-0.15, -0.1) is 0 Å². The van der Waals surface area contributed by atoms with Crippen LogP contribution < -0.4 is 5.32 Å². The molecule has 0 saturated carbocycles. The fraction of sp³-hybridized carbons (Fsp3) is 0.632. The van der Waals surface area contributed by atoms with E-state index in [0.717, 1.165) is 18.5 Å². The highest BCUT2D eigenvalue weighted by Crippen LogP contribution is 2.35. The van der Waals surface area contributed by atoms with E-state index in [4.69, 9.17) is 0 Å². The molecule has 0 spiro atoms. The Balaban J connectivity index is 2.13. The molecule has 2 rings (SSSR count). The second kappa shape index (κ2) is 8.21. The molecule has 0 aromatic heterocycles. The Morgan fingerprint density at radius 2 is 1.92 bits per heavy atom. The maximum Gasteiger partial charge on any atom is 0.392 e. The van der Waals surface area contributed by atoms with Crippen LogP contribution >= 0.6 is 0 Å². The molecule has 3 atom stereocenters. The number of rotatable bonds is 7. The van der Waals surface area contributed by atoms with E-state index in [9.17, 15) is 23.1 Å². The monoisotopic (exact) mass is 357 g/mol. The molecule has 6 heteroatoms. The Morgan fingerprint density at radius 3 is 2.40 bits per heavy atom. The van der Waals surface area contributed by atoms with E-state index in [0.29, 0.717) is 18.5 Å². The number of carboxylic acid groups (broad SMARTS) is 1. The Hall–Kier alpha value is -1.56. The quantitative estimate of drug-likeness (QED) is 0.778. The van der Waals surface area contributed by atoms with Crippen molar-refractivity contribution in [3.05, 3.63) is 35.4 Å². The van der Waals surface area contributed by atoms with Crippen LogP contribution in [0.15, 0.2) is 24.3 Å². The lowest BCUT2D eigenvalue weighted by molar-refractivity contribution is -0.185. The molecule has 1 aromatic rings. The molecule has 1 saturated heterocycles. The molecule has 2 N–H and O–H groups in total. The van der Waals surface area contributed by atoms with Crippen molar-refractivity contribution in [2.75, 3.05) is 13.1 Å². The van der Waals surface area contributed by atoms with Crippen molar-refractivity contribution in [1.82, 2.24) is 5.32 Å². The third-order valence-electron chi connectivity index (χ3n) is 5.11. The molecule has 140 valence electrons. The van der Waals surface area contributed by atoms with Gasteiger partial charge in [0.05, 0.1) is 11.8 Å². The molecule has 0 radical (unpaired) electrons. The summed E-state index contributed by atoms with van der Waals surface area (Å²) in [6.45, 7) is 4.65. The summed E-state index contributed by atoms with van der Waals surface area (Å²) < 4.78 is 39.6. The highest BCUT2D eigenvalue weighted by Gasteiger charge is 2.41. The van der Waals surface area contributed by atoms with Gasteiger partial charge in [0, 0.05) is 0 Å². The molecule has 0 bridgehead atoms. The first kappa shape index (κ1) is 19.8. The highest BCUT2D eigenvalue weighted by atomic mass is 19.4. The third kappa shape index (κ3) is 5.46. The molecule has 0 aliphatic carbocycles. The lowest BCUT2D eigenvalue weighted by Gasteiger charge is -2.24. The van der Waals surface area contributed by atoms with Gasteiger partial charge in [0.1, 0.15) is 0 Å². The van der Waals surface area contributed by atoms with Gasteiger partial charge in [-0.05, 0) is 55.3 Å². The van der Waals surface area contributed by atoms with Gasteiger partial charge < -0.3 is 10.4 Å². The van der Waals surface area contributed by atoms with E-state index in [1.165, 1.54) is 0 Å². The molecule has 1 aliphatic heterocycles. The Bertz CT molecular complexity index is 580. The van der Waals surface area contributed by atoms with Crippen LogP contribution in [0.3, 0.4) is 0 Å². The van der Waals surface area contributed by atoms with Crippen molar-refractivity contribution < 1.29 is 23.1 Å². The predicted molar refractivity (Wildman–Crippen MR) is 90.3 cm³/mol. The van der Waals surface area contributed by atoms with Crippen molar-refractivity contribution in [2.45, 2.75) is 39.3 Å². The number of carbonyl (C=O) groups is 1. The smallest absolute Gasteiger partial charge is 0.392 e. The highest BCUT2D eigenvalue weighted by molar-refractivity contribution is 5.71. The second-order valence-electron chi connectivity index (χ2n) is 7.32. The second-order valence-corrected chi connectivity index (χ2v) is 7.32. The predicted octanol–water partition coefficient (Wildman–Crippen LogP) is 3.92. The standard InChI is InChI=1S/C19H26F3NO2/c1-12(2)17(19(20,21)22)10-14-5-3-4-13(8-14)9-16(18(24)25)15-6-7-23-11-15/h3-5,8,12,15-17,23H,6-7,9-11H2,1-2H3,(H,24,25)/t15-,16-,17?/m0/s1. The van der Waals surface area contributed by atoms with E-state index in [2.05, 4.69) is 5.32 Å². The topological polar surface area (TPSA) is 49.3 Å². The number of aliphatic carboxylic acids is 1. The molecular formula is C19H26F3NO2. The van der Waals surface area contributed by atoms with Gasteiger partial charge in [0.15, 0.2) is 0 Å². The molecular weight excluding hydrogens is 331 g/mol. The number of benzene rings is 1. The fourth-order valence-electron chi connectivity index (χ4n) is 3.60. The summed E-state index contributed by atoms with van der Waals surface area (Å²) in [7, 11) is 0. The summed E-state index contributed by atoms with van der Waals surface area (Å²) in [4.78, 5) is 11.6. The summed E-state index contributed by atoms with van der Waals surface area (Å²) in [6, 6.07) is 6.96. The van der Waals surface area contributed by atoms with Crippen molar-refractivity contribution in [3.63, 3.8) is 0 Å². The normalized spacial score (nSPS) is 20.6. The molecule has 0 amide bonds. The maximum absolute atomic E-state index is 13.2. The van der Waals surface area contributed by atoms with Crippen molar-refractivity contribution in [3.8, 4) is 0 Å². The van der Waals surface area contributed by atoms with Crippen LogP contribution in [0.4, 0.5) is 13.2 Å². The van der Waals surface area contributed by atoms with Crippen molar-refractivity contribution in [1.29, 1.82) is 0 Å². The maximum atomic E-state index is 13.2. The SMILES string of the molecule is CC(C)C(Cc1cccc(C[C@H](C(=O)O)[C@H]2CCNC2)c1)C(F)(F)F. The summed E-state index contributed by atoms with van der Waals surface area (Å²) in [6.07, 6.45) is -3.13. The largest absolute Gasteiger partial charge is 0.481 e. The van der Waals surface area contributed by atoms with Crippen LogP contribution in [0.25, 0.3) is 0 Å². The van der Waals surface area contributed by atoms with Gasteiger partial charge in [-0.1, -0.05) is 38.1 Å². The first-order valence-corrected chi connectivity index (χ1v) is 8.76. The van der Waals surface area contributed by atoms with E-state index in [1.54, 1.807) is 38.1 Å². The number of hydrogen-bond donors (Lipinski definition) is 2. The van der Waals surface area contributed by atoms with Gasteiger partial charge in [-0.3, -0.25) is 4.79 Å². The number of carboxylic acids is 1. The van der Waals surface area contributed by atoms with E-state index < -0.39 is 29.9 Å². The zero-order valence-corrected chi connectivity index (χ0v) is 14.6. The Kier molecular flexibility index (Phi) is 6.49. The van der Waals surface area contributed by atoms with Crippen molar-refractivity contribution in [2.24, 2.45) is 23.7 Å². The first-order valence-electron chi connectivity index (χ1n) is 8.76. The van der Waals surface area contributed by atoms with Crippen LogP contribution in [0.1, 0.15) is 31.4 Å². The van der Waals surface area contributed by atoms with Gasteiger partial charge in [0.25, 0.3) is 0 Å². The molecule has 1 unspecified atom stereocenters. The molecule has 1 aromatic carbocycles. The first-order chi connectivity index (χ1) is 11.7. The molecule has 3 nitrogen and oxygen atoms in total. The van der Waals surface area contributed by atoms with Gasteiger partial charge in [-0.25, -0.2) is 0 Å². The van der Waals surface area contributed by atoms with Gasteiger partial charge in [0.2, 0.25) is 0 Å². The van der Waals surface area contributed by atoms with Crippen molar-refractivity contribution >= 4 is 5.97 Å². The zero-order chi connectivity index (χ0) is 18.6. The van der Waals surface area contributed by atoms with E-state index >= 15 is 0 Å². The fourth-order valence-corrected chi connectivity index (χ4v) is 3.60. The molecule has 1 aliphatic rings. The minimum Gasteiger partial charge on any atom is -0.481 e. The van der Waals surface area contributed by atoms with Crippen LogP contribution in [-0.2, 0) is 17.6 Å². The average molecular weight is 357 g/mol. The number of halogens is 3. The molecule has 25 heavy (non-hydrogen) atoms. The van der Waals surface area contributed by atoms with Crippen LogP contribution in [0, 0.1) is 23.7 Å². The summed E-state index contributed by atoms with van der Waals surface area (Å²) >= 11 is 0. The van der Waals surface area contributed by atoms with Crippen LogP contribution in [0.2, 0.25) is 0 Å². The van der Waals surface area contributed by atoms with E-state index in [-0.39, 0.29) is 12.3 Å². The number of hydrogen-bond acceptors (Lipinski definition) is 2. The van der Waals surface area contributed by atoms with Gasteiger partial charge >= 0.3 is 12.1 Å².